The van der Waals surface area contributed by atoms with Gasteiger partial charge in [-0.2, -0.15) is 0 Å². The van der Waals surface area contributed by atoms with Crippen molar-refractivity contribution in [2.75, 3.05) is 11.9 Å². The molecular weight excluding hydrogens is 168 g/mol. The van der Waals surface area contributed by atoms with Crippen molar-refractivity contribution in [3.63, 3.8) is 0 Å². The van der Waals surface area contributed by atoms with Crippen molar-refractivity contribution in [3.8, 4) is 0 Å². The molecule has 1 atom stereocenters. The molecule has 1 aliphatic heterocycles. The standard InChI is InChI=1S/C9H12N2S/c1-6-3-8-9(11-4-6)12-7(2)5-10-8/h3-4,7,10H,5H2,1-2H3. The summed E-state index contributed by atoms with van der Waals surface area (Å²) in [6.45, 7) is 5.32. The molecule has 1 N–H and O–H groups in total. The molecule has 0 spiro atoms. The summed E-state index contributed by atoms with van der Waals surface area (Å²) in [5, 5.41) is 5.14. The molecule has 1 aromatic heterocycles. The Balaban J connectivity index is 2.37. The minimum atomic E-state index is 0.632. The summed E-state index contributed by atoms with van der Waals surface area (Å²) < 4.78 is 0. The normalized spacial score (nSPS) is 21.3. The second kappa shape index (κ2) is 2.98. The second-order valence-electron chi connectivity index (χ2n) is 3.17. The highest BCUT2D eigenvalue weighted by Gasteiger charge is 2.15. The molecule has 3 heteroatoms. The minimum Gasteiger partial charge on any atom is -0.382 e. The van der Waals surface area contributed by atoms with Crippen molar-refractivity contribution in [1.82, 2.24) is 4.98 Å². The number of nitrogens with one attached hydrogen (secondary N) is 1. The largest absolute Gasteiger partial charge is 0.382 e. The SMILES string of the molecule is Cc1cnc2c(c1)NCC(C)S2. The highest BCUT2D eigenvalue weighted by Crippen LogP contribution is 2.32. The van der Waals surface area contributed by atoms with Gasteiger partial charge in [0.05, 0.1) is 5.69 Å². The van der Waals surface area contributed by atoms with Crippen molar-refractivity contribution in [1.29, 1.82) is 0 Å². The van der Waals surface area contributed by atoms with Crippen LogP contribution < -0.4 is 5.32 Å². The van der Waals surface area contributed by atoms with E-state index >= 15 is 0 Å². The average Bonchev–Trinajstić information content (AvgIpc) is 2.05. The summed E-state index contributed by atoms with van der Waals surface area (Å²) in [5.74, 6) is 0. The number of aromatic nitrogens is 1. The van der Waals surface area contributed by atoms with Gasteiger partial charge in [-0.3, -0.25) is 0 Å². The van der Waals surface area contributed by atoms with E-state index in [1.807, 2.05) is 18.0 Å². The van der Waals surface area contributed by atoms with E-state index in [2.05, 4.69) is 30.2 Å². The molecule has 2 rings (SSSR count). The van der Waals surface area contributed by atoms with Gasteiger partial charge in [0, 0.05) is 18.0 Å². The lowest BCUT2D eigenvalue weighted by Gasteiger charge is -2.21. The molecule has 0 aromatic carbocycles. The molecule has 0 amide bonds. The molecule has 1 unspecified atom stereocenters. The van der Waals surface area contributed by atoms with Crippen LogP contribution in [0, 0.1) is 6.92 Å². The molecular formula is C9H12N2S. The fraction of sp³-hybridized carbons (Fsp3) is 0.444. The first kappa shape index (κ1) is 7.92. The molecule has 1 aliphatic rings. The Hall–Kier alpha value is -0.700. The zero-order valence-electron chi connectivity index (χ0n) is 7.29. The van der Waals surface area contributed by atoms with Crippen LogP contribution in [-0.4, -0.2) is 16.8 Å². The van der Waals surface area contributed by atoms with Gasteiger partial charge in [0.2, 0.25) is 0 Å². The van der Waals surface area contributed by atoms with Crippen LogP contribution in [0.1, 0.15) is 12.5 Å². The molecule has 0 aliphatic carbocycles. The fourth-order valence-corrected chi connectivity index (χ4v) is 2.18. The van der Waals surface area contributed by atoms with E-state index in [0.29, 0.717) is 5.25 Å². The molecule has 64 valence electrons. The van der Waals surface area contributed by atoms with Gasteiger partial charge in [-0.25, -0.2) is 4.98 Å². The number of fused-ring (bicyclic) bond motifs is 1. The van der Waals surface area contributed by atoms with Crippen LogP contribution in [0.4, 0.5) is 5.69 Å². The van der Waals surface area contributed by atoms with E-state index in [9.17, 15) is 0 Å². The molecule has 0 bridgehead atoms. The number of thioether (sulfide) groups is 1. The maximum Gasteiger partial charge on any atom is 0.119 e. The Morgan fingerprint density at radius 2 is 2.50 bits per heavy atom. The second-order valence-corrected chi connectivity index (χ2v) is 4.60. The highest BCUT2D eigenvalue weighted by atomic mass is 32.2. The molecule has 2 heterocycles. The van der Waals surface area contributed by atoms with Gasteiger partial charge < -0.3 is 5.32 Å². The Morgan fingerprint density at radius 1 is 1.67 bits per heavy atom. The predicted octanol–water partition coefficient (Wildman–Crippen LogP) is 2.30. The van der Waals surface area contributed by atoms with Crippen molar-refractivity contribution >= 4 is 17.4 Å². The van der Waals surface area contributed by atoms with Crippen LogP contribution >= 0.6 is 11.8 Å². The first-order chi connectivity index (χ1) is 5.75. The summed E-state index contributed by atoms with van der Waals surface area (Å²) >= 11 is 1.85. The summed E-state index contributed by atoms with van der Waals surface area (Å²) in [5.41, 5.74) is 2.41. The van der Waals surface area contributed by atoms with E-state index in [-0.39, 0.29) is 0 Å². The van der Waals surface area contributed by atoms with E-state index < -0.39 is 0 Å². The summed E-state index contributed by atoms with van der Waals surface area (Å²) in [6.07, 6.45) is 1.92. The molecule has 0 saturated carbocycles. The van der Waals surface area contributed by atoms with Crippen molar-refractivity contribution < 1.29 is 0 Å². The van der Waals surface area contributed by atoms with Gasteiger partial charge in [-0.15, -0.1) is 0 Å². The minimum absolute atomic E-state index is 0.632. The van der Waals surface area contributed by atoms with Crippen molar-refractivity contribution in [3.05, 3.63) is 17.8 Å². The van der Waals surface area contributed by atoms with Crippen molar-refractivity contribution in [2.45, 2.75) is 24.1 Å². The third-order valence-corrected chi connectivity index (χ3v) is 3.00. The van der Waals surface area contributed by atoms with E-state index in [0.717, 1.165) is 11.6 Å². The van der Waals surface area contributed by atoms with Crippen molar-refractivity contribution in [2.24, 2.45) is 0 Å². The van der Waals surface area contributed by atoms with Crippen LogP contribution in [0.3, 0.4) is 0 Å². The number of nitrogens with zero attached hydrogens (tertiary/aromatic N) is 1. The van der Waals surface area contributed by atoms with Gasteiger partial charge in [-0.05, 0) is 18.6 Å². The lowest BCUT2D eigenvalue weighted by molar-refractivity contribution is 0.944. The third-order valence-electron chi connectivity index (χ3n) is 1.88. The number of rotatable bonds is 0. The van der Waals surface area contributed by atoms with Crippen LogP contribution in [0.5, 0.6) is 0 Å². The molecule has 0 fully saturated rings. The zero-order chi connectivity index (χ0) is 8.55. The van der Waals surface area contributed by atoms with Crippen LogP contribution in [0.25, 0.3) is 0 Å². The number of hydrogen-bond acceptors (Lipinski definition) is 3. The Labute approximate surface area is 76.8 Å². The number of aryl methyl sites for hydroxylation is 1. The first-order valence-electron chi connectivity index (χ1n) is 4.13. The lowest BCUT2D eigenvalue weighted by Crippen LogP contribution is -2.18. The van der Waals surface area contributed by atoms with Gasteiger partial charge in [0.1, 0.15) is 5.03 Å². The molecule has 2 nitrogen and oxygen atoms in total. The molecule has 1 aromatic rings. The highest BCUT2D eigenvalue weighted by molar-refractivity contribution is 8.00. The van der Waals surface area contributed by atoms with E-state index in [4.69, 9.17) is 0 Å². The fourth-order valence-electron chi connectivity index (χ4n) is 1.26. The smallest absolute Gasteiger partial charge is 0.119 e. The zero-order valence-corrected chi connectivity index (χ0v) is 8.11. The Bertz CT molecular complexity index is 299. The number of hydrogen-bond donors (Lipinski definition) is 1. The topological polar surface area (TPSA) is 24.9 Å². The lowest BCUT2D eigenvalue weighted by atomic mass is 10.3. The number of pyridine rings is 1. The van der Waals surface area contributed by atoms with Gasteiger partial charge in [0.15, 0.2) is 0 Å². The molecule has 12 heavy (non-hydrogen) atoms. The average molecular weight is 180 g/mol. The van der Waals surface area contributed by atoms with Gasteiger partial charge in [0.25, 0.3) is 0 Å². The predicted molar refractivity (Wildman–Crippen MR) is 52.8 cm³/mol. The Morgan fingerprint density at radius 3 is 3.33 bits per heavy atom. The Kier molecular flexibility index (Phi) is 1.97. The van der Waals surface area contributed by atoms with Gasteiger partial charge >= 0.3 is 0 Å². The van der Waals surface area contributed by atoms with Crippen LogP contribution in [0.2, 0.25) is 0 Å². The molecule has 0 saturated heterocycles. The monoisotopic (exact) mass is 180 g/mol. The number of anilines is 1. The van der Waals surface area contributed by atoms with E-state index in [1.54, 1.807) is 0 Å². The van der Waals surface area contributed by atoms with Gasteiger partial charge in [-0.1, -0.05) is 18.7 Å². The molecule has 0 radical (unpaired) electrons. The van der Waals surface area contributed by atoms with Crippen LogP contribution in [0.15, 0.2) is 17.3 Å². The third kappa shape index (κ3) is 1.41. The summed E-state index contributed by atoms with van der Waals surface area (Å²) in [6, 6.07) is 2.15. The summed E-state index contributed by atoms with van der Waals surface area (Å²) in [7, 11) is 0. The quantitative estimate of drug-likeness (QED) is 0.663. The summed E-state index contributed by atoms with van der Waals surface area (Å²) in [4.78, 5) is 4.37. The first-order valence-corrected chi connectivity index (χ1v) is 5.01. The van der Waals surface area contributed by atoms with E-state index in [1.165, 1.54) is 11.3 Å². The van der Waals surface area contributed by atoms with Crippen LogP contribution in [-0.2, 0) is 0 Å². The maximum absolute atomic E-state index is 4.37. The maximum atomic E-state index is 4.37.